The van der Waals surface area contributed by atoms with Gasteiger partial charge >= 0.3 is 0 Å². The normalized spacial score (nSPS) is 21.9. The minimum absolute atomic E-state index is 0.454. The van der Waals surface area contributed by atoms with Crippen LogP contribution in [0.5, 0.6) is 0 Å². The molecule has 1 fully saturated rings. The van der Waals surface area contributed by atoms with Crippen LogP contribution in [-0.2, 0) is 25.7 Å². The molecular weight excluding hydrogens is 436 g/mol. The molecule has 180 valence electrons. The van der Waals surface area contributed by atoms with E-state index < -0.39 is 0 Å². The Kier molecular flexibility index (Phi) is 5.72. The molecule has 0 unspecified atom stereocenters. The van der Waals surface area contributed by atoms with Gasteiger partial charge in [-0.2, -0.15) is 0 Å². The first kappa shape index (κ1) is 22.0. The summed E-state index contributed by atoms with van der Waals surface area (Å²) in [5, 5.41) is 0. The Hall–Kier alpha value is -3.20. The summed E-state index contributed by atoms with van der Waals surface area (Å²) in [6, 6.07) is 37.9. The minimum atomic E-state index is 0.454. The van der Waals surface area contributed by atoms with Gasteiger partial charge in [-0.3, -0.25) is 0 Å². The fourth-order valence-corrected chi connectivity index (χ4v) is 7.40. The fourth-order valence-electron chi connectivity index (χ4n) is 7.40. The molecule has 1 saturated heterocycles. The molecule has 2 N–H and O–H groups in total. The molecule has 4 aromatic rings. The first-order valence-corrected chi connectivity index (χ1v) is 13.9. The van der Waals surface area contributed by atoms with Gasteiger partial charge in [-0.25, -0.2) is 0 Å². The minimum Gasteiger partial charge on any atom is -0.316 e. The van der Waals surface area contributed by atoms with Crippen LogP contribution in [-0.4, -0.2) is 26.2 Å². The maximum absolute atomic E-state index is 2.41. The van der Waals surface area contributed by atoms with Crippen molar-refractivity contribution in [3.8, 4) is 0 Å². The predicted octanol–water partition coefficient (Wildman–Crippen LogP) is 3.55. The molecule has 1 aliphatic heterocycles. The summed E-state index contributed by atoms with van der Waals surface area (Å²) in [6.45, 7) is 4.85. The van der Waals surface area contributed by atoms with E-state index in [0.29, 0.717) is 12.1 Å². The van der Waals surface area contributed by atoms with Gasteiger partial charge in [-0.05, 0) is 47.9 Å². The van der Waals surface area contributed by atoms with Gasteiger partial charge in [-0.15, -0.1) is 0 Å². The van der Waals surface area contributed by atoms with Crippen molar-refractivity contribution in [2.75, 3.05) is 26.2 Å². The van der Waals surface area contributed by atoms with Gasteiger partial charge in [0.05, 0.1) is 0 Å². The molecule has 0 amide bonds. The number of quaternary nitrogens is 2. The van der Waals surface area contributed by atoms with Gasteiger partial charge in [0.2, 0.25) is 0 Å². The summed E-state index contributed by atoms with van der Waals surface area (Å²) < 4.78 is 0. The molecule has 1 heterocycles. The predicted molar refractivity (Wildman–Crippen MR) is 146 cm³/mol. The van der Waals surface area contributed by atoms with Crippen molar-refractivity contribution >= 4 is 0 Å². The van der Waals surface area contributed by atoms with E-state index >= 15 is 0 Å². The molecule has 0 atom stereocenters. The summed E-state index contributed by atoms with van der Waals surface area (Å²) in [6.07, 6.45) is 4.63. The quantitative estimate of drug-likeness (QED) is 0.442. The molecule has 3 aliphatic rings. The second-order valence-corrected chi connectivity index (χ2v) is 11.0. The third-order valence-corrected chi connectivity index (χ3v) is 9.14. The van der Waals surface area contributed by atoms with Crippen molar-refractivity contribution in [3.05, 3.63) is 142 Å². The monoisotopic (exact) mass is 472 g/mol. The van der Waals surface area contributed by atoms with Crippen LogP contribution in [0.25, 0.3) is 0 Å². The summed E-state index contributed by atoms with van der Waals surface area (Å²) in [5.74, 6) is 0. The summed E-state index contributed by atoms with van der Waals surface area (Å²) >= 11 is 0. The van der Waals surface area contributed by atoms with Crippen molar-refractivity contribution in [1.82, 2.24) is 0 Å². The molecule has 2 nitrogen and oxygen atoms in total. The third kappa shape index (κ3) is 3.80. The van der Waals surface area contributed by atoms with Crippen LogP contribution in [0.3, 0.4) is 0 Å². The van der Waals surface area contributed by atoms with Crippen molar-refractivity contribution in [2.45, 2.75) is 37.8 Å². The lowest BCUT2D eigenvalue weighted by Gasteiger charge is -2.39. The van der Waals surface area contributed by atoms with Gasteiger partial charge in [0.25, 0.3) is 0 Å². The Bertz CT molecular complexity index is 1180. The molecule has 0 spiro atoms. The highest BCUT2D eigenvalue weighted by Gasteiger charge is 2.39. The zero-order valence-electron chi connectivity index (χ0n) is 21.0. The Morgan fingerprint density at radius 2 is 0.611 bits per heavy atom. The average Bonchev–Trinajstić information content (AvgIpc) is 3.21. The van der Waals surface area contributed by atoms with E-state index in [1.165, 1.54) is 26.2 Å². The Morgan fingerprint density at radius 3 is 0.889 bits per heavy atom. The highest BCUT2D eigenvalue weighted by atomic mass is 15.3. The standard InChI is InChI=1S/C34H34N2/c1-5-13-29-25(9-1)17-18-26-10-2-6-14-30(26)33(29)35-21-23-36(24-22-35)34-31-15-7-3-11-27(31)19-20-28-12-4-8-16-32(28)34/h1-16,33-34H,17-24H2/p+2. The molecule has 2 heteroatoms. The molecule has 4 aromatic carbocycles. The van der Waals surface area contributed by atoms with Crippen molar-refractivity contribution in [2.24, 2.45) is 0 Å². The van der Waals surface area contributed by atoms with Crippen LogP contribution in [0.1, 0.15) is 56.6 Å². The number of fused-ring (bicyclic) bond motifs is 4. The van der Waals surface area contributed by atoms with Crippen molar-refractivity contribution in [3.63, 3.8) is 0 Å². The lowest BCUT2D eigenvalue weighted by Crippen LogP contribution is -3.28. The lowest BCUT2D eigenvalue weighted by atomic mass is 9.91. The zero-order valence-corrected chi connectivity index (χ0v) is 21.0. The number of piperazine rings is 1. The Balaban J connectivity index is 1.22. The first-order chi connectivity index (χ1) is 17.9. The Morgan fingerprint density at radius 1 is 0.361 bits per heavy atom. The maximum Gasteiger partial charge on any atom is 0.140 e. The summed E-state index contributed by atoms with van der Waals surface area (Å²) in [5.41, 5.74) is 12.4. The van der Waals surface area contributed by atoms with Crippen LogP contribution in [0.2, 0.25) is 0 Å². The van der Waals surface area contributed by atoms with Gasteiger partial charge in [0.15, 0.2) is 0 Å². The lowest BCUT2D eigenvalue weighted by molar-refractivity contribution is -1.03. The fraction of sp³-hybridized carbons (Fsp3) is 0.294. The SMILES string of the molecule is c1ccc2c(c1)CCc1ccccc1C2[NH+]1CC[NH+](C2c3ccccc3CCc3ccccc32)CC1. The molecule has 0 aromatic heterocycles. The van der Waals surface area contributed by atoms with E-state index in [4.69, 9.17) is 0 Å². The molecule has 7 rings (SSSR count). The maximum atomic E-state index is 2.41. The van der Waals surface area contributed by atoms with E-state index in [9.17, 15) is 0 Å². The molecule has 0 bridgehead atoms. The third-order valence-electron chi connectivity index (χ3n) is 9.14. The van der Waals surface area contributed by atoms with Crippen LogP contribution in [0.15, 0.2) is 97.1 Å². The Labute approximate surface area is 215 Å². The van der Waals surface area contributed by atoms with E-state index in [2.05, 4.69) is 97.1 Å². The summed E-state index contributed by atoms with van der Waals surface area (Å²) in [4.78, 5) is 3.49. The van der Waals surface area contributed by atoms with Gasteiger partial charge < -0.3 is 9.80 Å². The van der Waals surface area contributed by atoms with E-state index in [1.54, 1.807) is 54.3 Å². The second kappa shape index (κ2) is 9.35. The highest BCUT2D eigenvalue weighted by molar-refractivity contribution is 5.44. The number of hydrogen-bond acceptors (Lipinski definition) is 0. The second-order valence-electron chi connectivity index (χ2n) is 11.0. The van der Waals surface area contributed by atoms with Crippen LogP contribution in [0.4, 0.5) is 0 Å². The number of hydrogen-bond donors (Lipinski definition) is 2. The topological polar surface area (TPSA) is 8.88 Å². The van der Waals surface area contributed by atoms with E-state index in [0.717, 1.165) is 25.7 Å². The molecule has 2 aliphatic carbocycles. The van der Waals surface area contributed by atoms with Crippen LogP contribution < -0.4 is 9.80 Å². The molecule has 36 heavy (non-hydrogen) atoms. The number of aryl methyl sites for hydroxylation is 4. The first-order valence-electron chi connectivity index (χ1n) is 13.9. The van der Waals surface area contributed by atoms with E-state index in [-0.39, 0.29) is 0 Å². The highest BCUT2D eigenvalue weighted by Crippen LogP contribution is 2.32. The summed E-state index contributed by atoms with van der Waals surface area (Å²) in [7, 11) is 0. The molecule has 0 saturated carbocycles. The number of nitrogens with one attached hydrogen (secondary N) is 2. The number of benzene rings is 4. The van der Waals surface area contributed by atoms with E-state index in [1.807, 2.05) is 0 Å². The van der Waals surface area contributed by atoms with Crippen LogP contribution in [0, 0.1) is 0 Å². The largest absolute Gasteiger partial charge is 0.316 e. The van der Waals surface area contributed by atoms with Gasteiger partial charge in [0.1, 0.15) is 38.3 Å². The smallest absolute Gasteiger partial charge is 0.140 e. The van der Waals surface area contributed by atoms with Gasteiger partial charge in [-0.1, -0.05) is 97.1 Å². The zero-order chi connectivity index (χ0) is 23.9. The number of rotatable bonds is 2. The van der Waals surface area contributed by atoms with Crippen LogP contribution >= 0.6 is 0 Å². The average molecular weight is 473 g/mol. The van der Waals surface area contributed by atoms with Crippen molar-refractivity contribution < 1.29 is 9.80 Å². The molecule has 0 radical (unpaired) electrons. The molecular formula is C34H36N2+2. The van der Waals surface area contributed by atoms with Crippen molar-refractivity contribution in [1.29, 1.82) is 0 Å². The van der Waals surface area contributed by atoms with Gasteiger partial charge in [0, 0.05) is 22.3 Å².